The van der Waals surface area contributed by atoms with E-state index in [9.17, 15) is 18.0 Å². The number of carbonyl (C=O) groups is 1. The van der Waals surface area contributed by atoms with Crippen molar-refractivity contribution >= 4 is 43.6 Å². The number of halogens is 1. The quantitative estimate of drug-likeness (QED) is 0.345. The lowest BCUT2D eigenvalue weighted by Gasteiger charge is -2.19. The number of nitrogens with zero attached hydrogens (tertiary/aromatic N) is 3. The predicted octanol–water partition coefficient (Wildman–Crippen LogP) is 3.78. The molecule has 0 atom stereocenters. The van der Waals surface area contributed by atoms with Crippen LogP contribution in [-0.4, -0.2) is 41.2 Å². The molecule has 0 N–H and O–H groups in total. The maximum absolute atomic E-state index is 12.9. The number of fused-ring (bicyclic) bond motifs is 1. The van der Waals surface area contributed by atoms with E-state index in [0.717, 1.165) is 30.2 Å². The van der Waals surface area contributed by atoms with Gasteiger partial charge in [-0.05, 0) is 64.7 Å². The van der Waals surface area contributed by atoms with E-state index in [1.54, 1.807) is 53.0 Å². The van der Waals surface area contributed by atoms with Gasteiger partial charge in [0.2, 0.25) is 10.0 Å². The summed E-state index contributed by atoms with van der Waals surface area (Å²) >= 11 is 3.31. The predicted molar refractivity (Wildman–Crippen MR) is 132 cm³/mol. The third-order valence-electron chi connectivity index (χ3n) is 5.53. The van der Waals surface area contributed by atoms with Crippen molar-refractivity contribution in [3.63, 3.8) is 0 Å². The Morgan fingerprint density at radius 1 is 1.06 bits per heavy atom. The van der Waals surface area contributed by atoms with Crippen LogP contribution in [0.3, 0.4) is 0 Å². The third-order valence-corrected chi connectivity index (χ3v) is 7.92. The van der Waals surface area contributed by atoms with Crippen molar-refractivity contribution in [3.05, 3.63) is 80.8 Å². The number of pyridine rings is 1. The fourth-order valence-electron chi connectivity index (χ4n) is 3.74. The molecular formula is C24H24BrN3O5S. The third kappa shape index (κ3) is 5.81. The van der Waals surface area contributed by atoms with Crippen LogP contribution in [0.1, 0.15) is 36.9 Å². The molecule has 0 amide bonds. The molecule has 0 spiro atoms. The van der Waals surface area contributed by atoms with Gasteiger partial charge in [0.25, 0.3) is 5.56 Å². The zero-order chi connectivity index (χ0) is 24.1. The topological polar surface area (TPSA) is 98.0 Å². The molecule has 0 unspecified atom stereocenters. The smallest absolute Gasteiger partial charge is 0.331 e. The molecule has 0 radical (unpaired) electrons. The fourth-order valence-corrected chi connectivity index (χ4v) is 5.59. The van der Waals surface area contributed by atoms with E-state index in [2.05, 4.69) is 20.9 Å². The fraction of sp³-hybridized carbons (Fsp3) is 0.292. The Labute approximate surface area is 206 Å². The molecule has 1 aromatic carbocycles. The van der Waals surface area contributed by atoms with Gasteiger partial charge in [-0.15, -0.1) is 0 Å². The van der Waals surface area contributed by atoms with Crippen LogP contribution < -0.4 is 5.56 Å². The lowest BCUT2D eigenvalue weighted by atomic mass is 10.2. The van der Waals surface area contributed by atoms with E-state index >= 15 is 0 Å². The van der Waals surface area contributed by atoms with E-state index < -0.39 is 16.0 Å². The Bertz CT molecular complexity index is 1380. The lowest BCUT2D eigenvalue weighted by molar-refractivity contribution is -0.139. The molecular weight excluding hydrogens is 522 g/mol. The van der Waals surface area contributed by atoms with Gasteiger partial charge >= 0.3 is 5.97 Å². The number of hydrogen-bond donors (Lipinski definition) is 0. The Morgan fingerprint density at radius 2 is 1.76 bits per heavy atom. The summed E-state index contributed by atoms with van der Waals surface area (Å²) in [7, 11) is -3.51. The largest absolute Gasteiger partial charge is 0.456 e. The van der Waals surface area contributed by atoms with E-state index in [1.807, 2.05) is 0 Å². The van der Waals surface area contributed by atoms with Gasteiger partial charge in [0, 0.05) is 35.9 Å². The molecule has 0 bridgehead atoms. The van der Waals surface area contributed by atoms with Crippen LogP contribution in [0.4, 0.5) is 0 Å². The van der Waals surface area contributed by atoms with Crippen LogP contribution in [0, 0.1) is 0 Å². The molecule has 178 valence electrons. The highest BCUT2D eigenvalue weighted by molar-refractivity contribution is 9.10. The van der Waals surface area contributed by atoms with E-state index in [4.69, 9.17) is 4.74 Å². The molecule has 3 heterocycles. The maximum atomic E-state index is 12.9. The summed E-state index contributed by atoms with van der Waals surface area (Å²) in [5.41, 5.74) is 1.19. The average molecular weight is 546 g/mol. The molecule has 8 nitrogen and oxygen atoms in total. The molecule has 0 aliphatic carbocycles. The van der Waals surface area contributed by atoms with Gasteiger partial charge < -0.3 is 4.74 Å². The highest BCUT2D eigenvalue weighted by Gasteiger charge is 2.24. The zero-order valence-corrected chi connectivity index (χ0v) is 20.8. The van der Waals surface area contributed by atoms with Gasteiger partial charge in [-0.2, -0.15) is 4.31 Å². The van der Waals surface area contributed by atoms with Gasteiger partial charge in [-0.25, -0.2) is 18.2 Å². The highest BCUT2D eigenvalue weighted by Crippen LogP contribution is 2.21. The molecule has 1 aliphatic rings. The van der Waals surface area contributed by atoms with Crippen molar-refractivity contribution in [3.8, 4) is 0 Å². The molecule has 1 saturated heterocycles. The second-order valence-electron chi connectivity index (χ2n) is 7.99. The first kappa shape index (κ1) is 24.3. The number of sulfonamides is 1. The van der Waals surface area contributed by atoms with E-state index in [1.165, 1.54) is 16.5 Å². The normalized spacial score (nSPS) is 15.4. The number of esters is 1. The average Bonchev–Trinajstić information content (AvgIpc) is 3.12. The van der Waals surface area contributed by atoms with Gasteiger partial charge in [0.1, 0.15) is 12.3 Å². The van der Waals surface area contributed by atoms with E-state index in [0.29, 0.717) is 30.0 Å². The number of carbonyl (C=O) groups excluding carboxylic acids is 1. The van der Waals surface area contributed by atoms with Crippen LogP contribution in [0.25, 0.3) is 11.7 Å². The summed E-state index contributed by atoms with van der Waals surface area (Å²) in [6, 6.07) is 11.2. The molecule has 2 aromatic heterocycles. The highest BCUT2D eigenvalue weighted by atomic mass is 79.9. The molecule has 34 heavy (non-hydrogen) atoms. The summed E-state index contributed by atoms with van der Waals surface area (Å²) in [6.07, 6.45) is 8.28. The Kier molecular flexibility index (Phi) is 7.60. The number of ether oxygens (including phenoxy) is 1. The first-order chi connectivity index (χ1) is 16.3. The van der Waals surface area contributed by atoms with Crippen molar-refractivity contribution in [2.75, 3.05) is 13.1 Å². The minimum Gasteiger partial charge on any atom is -0.456 e. The van der Waals surface area contributed by atoms with Crippen molar-refractivity contribution in [2.45, 2.75) is 37.2 Å². The Morgan fingerprint density at radius 3 is 2.47 bits per heavy atom. The summed E-state index contributed by atoms with van der Waals surface area (Å²) in [6.45, 7) is 0.954. The standard InChI is InChI=1S/C24H24BrN3O5S/c25-19-8-11-22-26-20(15-23(29)28(22)16-19)17-33-24(30)12-7-18-5-9-21(10-6-18)34(31,32)27-13-3-1-2-4-14-27/h5-12,15-16H,1-4,13-14,17H2. The summed E-state index contributed by atoms with van der Waals surface area (Å²) in [4.78, 5) is 28.9. The summed E-state index contributed by atoms with van der Waals surface area (Å²) < 4.78 is 34.6. The zero-order valence-electron chi connectivity index (χ0n) is 18.4. The van der Waals surface area contributed by atoms with Crippen molar-refractivity contribution < 1.29 is 17.9 Å². The molecule has 1 fully saturated rings. The second-order valence-corrected chi connectivity index (χ2v) is 10.8. The van der Waals surface area contributed by atoms with Crippen molar-refractivity contribution in [1.29, 1.82) is 0 Å². The first-order valence-corrected chi connectivity index (χ1v) is 13.2. The lowest BCUT2D eigenvalue weighted by Crippen LogP contribution is -2.31. The van der Waals surface area contributed by atoms with Crippen molar-refractivity contribution in [1.82, 2.24) is 13.7 Å². The van der Waals surface area contributed by atoms with Gasteiger partial charge in [-0.1, -0.05) is 25.0 Å². The van der Waals surface area contributed by atoms with Gasteiger partial charge in [-0.3, -0.25) is 9.20 Å². The molecule has 1 aliphatic heterocycles. The number of benzene rings is 1. The molecule has 4 rings (SSSR count). The number of hydrogen-bond acceptors (Lipinski definition) is 6. The Hall–Kier alpha value is -2.82. The number of aromatic nitrogens is 2. The molecule has 3 aromatic rings. The first-order valence-electron chi connectivity index (χ1n) is 11.0. The van der Waals surface area contributed by atoms with Crippen LogP contribution in [0.15, 0.2) is 68.9 Å². The summed E-state index contributed by atoms with van der Waals surface area (Å²) in [5, 5.41) is 0. The van der Waals surface area contributed by atoms with Gasteiger partial charge in [0.05, 0.1) is 10.6 Å². The molecule has 10 heteroatoms. The number of rotatable bonds is 6. The Balaban J connectivity index is 1.37. The van der Waals surface area contributed by atoms with Crippen LogP contribution in [0.2, 0.25) is 0 Å². The van der Waals surface area contributed by atoms with Crippen molar-refractivity contribution in [2.24, 2.45) is 0 Å². The minimum absolute atomic E-state index is 0.141. The van der Waals surface area contributed by atoms with Gasteiger partial charge in [0.15, 0.2) is 0 Å². The molecule has 0 saturated carbocycles. The SMILES string of the molecule is O=C(C=Cc1ccc(S(=O)(=O)N2CCCCCC2)cc1)OCc1cc(=O)n2cc(Br)ccc2n1. The second kappa shape index (κ2) is 10.6. The minimum atomic E-state index is -3.51. The van der Waals surface area contributed by atoms with E-state index in [-0.39, 0.29) is 17.1 Å². The maximum Gasteiger partial charge on any atom is 0.331 e. The van der Waals surface area contributed by atoms with Crippen LogP contribution >= 0.6 is 15.9 Å². The van der Waals surface area contributed by atoms with Crippen LogP contribution in [-0.2, 0) is 26.2 Å². The summed E-state index contributed by atoms with van der Waals surface area (Å²) in [5.74, 6) is -0.598. The monoisotopic (exact) mass is 545 g/mol. The van der Waals surface area contributed by atoms with Crippen LogP contribution in [0.5, 0.6) is 0 Å².